The molecule has 0 unspecified atom stereocenters. The smallest absolute Gasteiger partial charge is 0.243 e. The predicted molar refractivity (Wildman–Crippen MR) is 314 cm³/mol. The van der Waals surface area contributed by atoms with Crippen LogP contribution in [0.1, 0.15) is 195 Å². The lowest BCUT2D eigenvalue weighted by Gasteiger charge is -2.28. The number of nitrogens with one attached hydrogen (secondary N) is 5. The highest BCUT2D eigenvalue weighted by molar-refractivity contribution is 5.97. The average Bonchev–Trinajstić information content (AvgIpc) is 3.41. The minimum Gasteiger partial charge on any atom is -0.396 e. The van der Waals surface area contributed by atoms with E-state index in [9.17, 15) is 48.6 Å². The largest absolute Gasteiger partial charge is 0.396 e. The number of ketones is 3. The molecule has 0 aromatic carbocycles. The average molecular weight is 1140 g/mol. The number of hydrogen-bond acceptors (Lipinski definition) is 13. The number of aliphatic imine (C=N–C) groups is 3. The number of hydrogen-bond donors (Lipinski definition) is 13. The van der Waals surface area contributed by atoms with E-state index in [0.29, 0.717) is 19.3 Å². The summed E-state index contributed by atoms with van der Waals surface area (Å²) in [6, 6.07) is -4.76. The van der Waals surface area contributed by atoms with Crippen molar-refractivity contribution in [3.05, 3.63) is 0 Å². The summed E-state index contributed by atoms with van der Waals surface area (Å²) in [5.74, 6) is -8.85. The van der Waals surface area contributed by atoms with E-state index in [1.165, 1.54) is 64.8 Å². The van der Waals surface area contributed by atoms with Crippen LogP contribution in [-0.2, 0) is 38.4 Å². The molecule has 0 saturated carbocycles. The van der Waals surface area contributed by atoms with Gasteiger partial charge in [-0.3, -0.25) is 53.3 Å². The molecule has 19 N–H and O–H groups in total. The number of amides is 5. The van der Waals surface area contributed by atoms with E-state index in [-0.39, 0.29) is 94.3 Å². The Morgan fingerprint density at radius 1 is 0.450 bits per heavy atom. The number of carbonyl (C=O) groups is 8. The lowest BCUT2D eigenvalue weighted by atomic mass is 9.84. The van der Waals surface area contributed by atoms with Gasteiger partial charge in [0.15, 0.2) is 35.2 Å². The van der Waals surface area contributed by atoms with E-state index < -0.39 is 121 Å². The molecule has 24 nitrogen and oxygen atoms in total. The number of unbranched alkanes of at least 4 members (excludes halogenated alkanes) is 12. The van der Waals surface area contributed by atoms with Gasteiger partial charge in [-0.05, 0) is 63.2 Å². The molecule has 0 bridgehead atoms. The summed E-state index contributed by atoms with van der Waals surface area (Å²) in [5, 5.41) is 33.8. The summed E-state index contributed by atoms with van der Waals surface area (Å²) in [7, 11) is 1.36. The second kappa shape index (κ2) is 44.8. The maximum absolute atomic E-state index is 14.4. The number of nitrogens with two attached hydrogens (primary N) is 6. The Hall–Kier alpha value is -5.91. The van der Waals surface area contributed by atoms with Gasteiger partial charge >= 0.3 is 0 Å². The Bertz CT molecular complexity index is 1920. The van der Waals surface area contributed by atoms with Crippen LogP contribution in [0.4, 0.5) is 0 Å². The molecule has 5 amide bonds. The van der Waals surface area contributed by atoms with Crippen LogP contribution in [0.2, 0.25) is 0 Å². The van der Waals surface area contributed by atoms with E-state index >= 15 is 0 Å². The molecule has 0 aromatic rings. The highest BCUT2D eigenvalue weighted by Crippen LogP contribution is 2.23. The van der Waals surface area contributed by atoms with E-state index in [1.807, 2.05) is 13.8 Å². The Morgan fingerprint density at radius 2 is 0.887 bits per heavy atom. The molecule has 460 valence electrons. The van der Waals surface area contributed by atoms with Gasteiger partial charge in [0.05, 0.1) is 31.2 Å². The Kier molecular flexibility index (Phi) is 41.5. The van der Waals surface area contributed by atoms with Crippen molar-refractivity contribution in [2.75, 3.05) is 39.9 Å². The van der Waals surface area contributed by atoms with E-state index in [0.717, 1.165) is 19.3 Å². The van der Waals surface area contributed by atoms with Crippen LogP contribution in [0, 0.1) is 29.6 Å². The van der Waals surface area contributed by atoms with Crippen molar-refractivity contribution >= 4 is 64.8 Å². The molecule has 0 rings (SSSR count). The topological polar surface area (TPSA) is 430 Å². The highest BCUT2D eigenvalue weighted by atomic mass is 16.3. The lowest BCUT2D eigenvalue weighted by molar-refractivity contribution is -0.137. The molecule has 0 aliphatic carbocycles. The monoisotopic (exact) mass is 1130 g/mol. The number of carbonyl (C=O) groups excluding carboxylic acids is 8. The Morgan fingerprint density at radius 3 is 1.35 bits per heavy atom. The van der Waals surface area contributed by atoms with E-state index in [1.54, 1.807) is 13.8 Å². The maximum Gasteiger partial charge on any atom is 0.243 e. The summed E-state index contributed by atoms with van der Waals surface area (Å²) in [4.78, 5) is 122. The number of Topliss-reactive ketones (excluding diaryl/α,β-unsaturated/α-hetero) is 3. The van der Waals surface area contributed by atoms with Gasteiger partial charge in [-0.1, -0.05) is 118 Å². The van der Waals surface area contributed by atoms with Crippen molar-refractivity contribution in [2.24, 2.45) is 79.0 Å². The first kappa shape index (κ1) is 74.1. The minimum atomic E-state index is -1.51. The Balaban J connectivity index is 6.37. The third kappa shape index (κ3) is 35.0. The maximum atomic E-state index is 14.4. The molecule has 0 fully saturated rings. The number of nitrogens with zero attached hydrogens (tertiary/aromatic N) is 3. The summed E-state index contributed by atoms with van der Waals surface area (Å²) >= 11 is 0. The zero-order valence-electron chi connectivity index (χ0n) is 49.4. The molecular formula is C56H106N14O10. The summed E-state index contributed by atoms with van der Waals surface area (Å²) in [6.07, 6.45) is 15.7. The number of rotatable bonds is 49. The van der Waals surface area contributed by atoms with Crippen LogP contribution in [0.15, 0.2) is 15.0 Å². The highest BCUT2D eigenvalue weighted by Gasteiger charge is 2.36. The van der Waals surface area contributed by atoms with Gasteiger partial charge in [0, 0.05) is 64.2 Å². The van der Waals surface area contributed by atoms with Gasteiger partial charge in [-0.2, -0.15) is 0 Å². The molecule has 0 heterocycles. The van der Waals surface area contributed by atoms with Crippen LogP contribution in [0.25, 0.3) is 0 Å². The third-order valence-electron chi connectivity index (χ3n) is 14.3. The number of aliphatic hydroxyl groups is 2. The van der Waals surface area contributed by atoms with Crippen molar-refractivity contribution in [3.8, 4) is 0 Å². The molecule has 8 atom stereocenters. The molecule has 0 aliphatic rings. The lowest BCUT2D eigenvalue weighted by Crippen LogP contribution is -2.52. The molecule has 0 spiro atoms. The van der Waals surface area contributed by atoms with E-state index in [2.05, 4.69) is 48.5 Å². The van der Waals surface area contributed by atoms with Crippen LogP contribution < -0.4 is 61.0 Å². The van der Waals surface area contributed by atoms with Crippen molar-refractivity contribution in [1.82, 2.24) is 26.6 Å². The van der Waals surface area contributed by atoms with Crippen LogP contribution in [0.3, 0.4) is 0 Å². The first-order valence-corrected chi connectivity index (χ1v) is 29.4. The summed E-state index contributed by atoms with van der Waals surface area (Å²) < 4.78 is 0. The Labute approximate surface area is 476 Å². The molecule has 24 heteroatoms. The first-order valence-electron chi connectivity index (χ1n) is 29.4. The second-order valence-corrected chi connectivity index (χ2v) is 21.6. The van der Waals surface area contributed by atoms with Crippen molar-refractivity contribution in [3.63, 3.8) is 0 Å². The predicted octanol–water partition coefficient (Wildman–Crippen LogP) is 2.12. The molecule has 0 saturated heterocycles. The molecule has 0 radical (unpaired) electrons. The number of aliphatic hydroxyl groups excluding tert-OH is 2. The van der Waals surface area contributed by atoms with Gasteiger partial charge < -0.3 is 71.2 Å². The third-order valence-corrected chi connectivity index (χ3v) is 14.3. The molecular weight excluding hydrogens is 1030 g/mol. The number of guanidine groups is 3. The van der Waals surface area contributed by atoms with E-state index in [4.69, 9.17) is 34.4 Å². The van der Waals surface area contributed by atoms with Crippen molar-refractivity contribution in [2.45, 2.75) is 219 Å². The zero-order valence-corrected chi connectivity index (χ0v) is 49.4. The fraction of sp³-hybridized carbons (Fsp3) is 0.804. The molecule has 80 heavy (non-hydrogen) atoms. The van der Waals surface area contributed by atoms with Crippen LogP contribution in [0.5, 0.6) is 0 Å². The van der Waals surface area contributed by atoms with Crippen molar-refractivity contribution < 1.29 is 48.6 Å². The summed E-state index contributed by atoms with van der Waals surface area (Å²) in [6.45, 7) is 8.45. The zero-order chi connectivity index (χ0) is 60.4. The van der Waals surface area contributed by atoms with Crippen molar-refractivity contribution in [1.29, 1.82) is 0 Å². The fourth-order valence-corrected chi connectivity index (χ4v) is 9.25. The normalized spacial score (nSPS) is 14.2. The first-order chi connectivity index (χ1) is 38.0. The van der Waals surface area contributed by atoms with Crippen LogP contribution >= 0.6 is 0 Å². The van der Waals surface area contributed by atoms with Gasteiger partial charge in [0.2, 0.25) is 29.5 Å². The quantitative estimate of drug-likeness (QED) is 0.0236. The van der Waals surface area contributed by atoms with Gasteiger partial charge in [-0.25, -0.2) is 0 Å². The molecule has 0 aromatic heterocycles. The standard InChI is InChI=1S/C56H106N14O10/c1-7-9-10-11-12-13-14-15-16-17-18-19-20-27-49(76)67-43(26-23-30-66-56(61)62)53(80)69-44(31-37(3)4)47(74)32-39(24-21-28-64-54(57)58)51(78)70-45(36-72)48(75)34-41(38(5)8-2)52(79)68-42(25-22-29-65-55(59)60)46(73)33-40(35-71)50(77)63-6/h37-45,71-72H,7-36H2,1-6H3,(H,63,77)(H,67,76)(H,68,79)(H,69,80)(H,70,78)(H4,57,58,64)(H4,59,60,65)(H4,61,62,66)/t38-,39+,40-,41-,42-,43-,44-,45-/m0/s1. The fourth-order valence-electron chi connectivity index (χ4n) is 9.25. The van der Waals surface area contributed by atoms with Gasteiger partial charge in [0.25, 0.3) is 0 Å². The minimum absolute atomic E-state index is 0.0548. The van der Waals surface area contributed by atoms with Gasteiger partial charge in [0.1, 0.15) is 12.1 Å². The SMILES string of the molecule is CCCCCCCCCCCCCCCC(=O)N[C@@H](CCCN=C(N)N)C(=O)N[C@@H](CC(C)C)C(=O)C[C@@H](CCCN=C(N)N)C(=O)N[C@@H](CO)C(=O)C[C@H](C(=O)N[C@@H](CCCN=C(N)N)C(=O)C[C@@H](CO)C(=O)NC)[C@@H](C)CC. The summed E-state index contributed by atoms with van der Waals surface area (Å²) in [5.41, 5.74) is 33.1. The van der Waals surface area contributed by atoms with Gasteiger partial charge in [-0.15, -0.1) is 0 Å². The second-order valence-electron chi connectivity index (χ2n) is 21.6. The molecule has 0 aliphatic heterocycles. The van der Waals surface area contributed by atoms with Crippen LogP contribution in [-0.4, -0.2) is 139 Å².